The summed E-state index contributed by atoms with van der Waals surface area (Å²) in [5.74, 6) is 0.918. The number of aromatic nitrogens is 2. The van der Waals surface area contributed by atoms with Gasteiger partial charge in [-0.05, 0) is 36.6 Å². The van der Waals surface area contributed by atoms with Crippen LogP contribution in [0.1, 0.15) is 30.8 Å². The molecule has 1 amide bonds. The van der Waals surface area contributed by atoms with Gasteiger partial charge in [-0.3, -0.25) is 4.79 Å². The Labute approximate surface area is 135 Å². The van der Waals surface area contributed by atoms with Gasteiger partial charge in [-0.25, -0.2) is 9.97 Å². The van der Waals surface area contributed by atoms with Crippen molar-refractivity contribution in [3.8, 4) is 0 Å². The molecule has 0 aliphatic heterocycles. The molecule has 116 valence electrons. The van der Waals surface area contributed by atoms with Crippen LogP contribution >= 0.6 is 11.6 Å². The minimum Gasteiger partial charge on any atom is -0.351 e. The van der Waals surface area contributed by atoms with Crippen LogP contribution in [0.15, 0.2) is 36.7 Å². The fourth-order valence-electron chi connectivity index (χ4n) is 1.80. The molecule has 2 rings (SSSR count). The summed E-state index contributed by atoms with van der Waals surface area (Å²) in [5.41, 5.74) is 1.18. The van der Waals surface area contributed by atoms with E-state index < -0.39 is 0 Å². The first kappa shape index (κ1) is 16.2. The lowest BCUT2D eigenvalue weighted by Crippen LogP contribution is -2.26. The molecule has 1 aromatic heterocycles. The average molecular weight is 319 g/mol. The third kappa shape index (κ3) is 5.00. The molecule has 0 radical (unpaired) electrons. The highest BCUT2D eigenvalue weighted by Gasteiger charge is 2.08. The second-order valence-corrected chi connectivity index (χ2v) is 5.80. The second kappa shape index (κ2) is 7.75. The average Bonchev–Trinajstić information content (AvgIpc) is 2.49. The summed E-state index contributed by atoms with van der Waals surface area (Å²) < 4.78 is 0. The van der Waals surface area contributed by atoms with E-state index >= 15 is 0 Å². The van der Waals surface area contributed by atoms with Crippen LogP contribution in [0, 0.1) is 5.92 Å². The van der Waals surface area contributed by atoms with Crippen molar-refractivity contribution in [1.29, 1.82) is 0 Å². The van der Waals surface area contributed by atoms with E-state index in [0.29, 0.717) is 29.0 Å². The lowest BCUT2D eigenvalue weighted by atomic mass is 10.1. The Morgan fingerprint density at radius 2 is 1.95 bits per heavy atom. The summed E-state index contributed by atoms with van der Waals surface area (Å²) in [7, 11) is 0. The van der Waals surface area contributed by atoms with Gasteiger partial charge in [0.25, 0.3) is 5.91 Å². The molecule has 0 aliphatic rings. The van der Waals surface area contributed by atoms with Crippen LogP contribution in [-0.2, 0) is 0 Å². The topological polar surface area (TPSA) is 66.9 Å². The van der Waals surface area contributed by atoms with Crippen molar-refractivity contribution in [2.75, 3.05) is 11.9 Å². The number of carbonyl (C=O) groups is 1. The van der Waals surface area contributed by atoms with Crippen LogP contribution in [0.5, 0.6) is 0 Å². The normalized spacial score (nSPS) is 10.5. The van der Waals surface area contributed by atoms with Gasteiger partial charge in [-0.15, -0.1) is 0 Å². The SMILES string of the molecule is CC(C)CCNC(=O)c1cc(Nc2ccc(Cl)cc2)ncn1. The fourth-order valence-corrected chi connectivity index (χ4v) is 1.92. The van der Waals surface area contributed by atoms with Gasteiger partial charge in [0.05, 0.1) is 0 Å². The number of halogens is 1. The summed E-state index contributed by atoms with van der Waals surface area (Å²) in [6.45, 7) is 4.87. The summed E-state index contributed by atoms with van der Waals surface area (Å²) in [6, 6.07) is 8.87. The van der Waals surface area contributed by atoms with E-state index in [1.54, 1.807) is 18.2 Å². The summed E-state index contributed by atoms with van der Waals surface area (Å²) in [4.78, 5) is 20.2. The third-order valence-electron chi connectivity index (χ3n) is 3.02. The Balaban J connectivity index is 2.00. The first-order valence-electron chi connectivity index (χ1n) is 7.17. The molecule has 0 spiro atoms. The predicted molar refractivity (Wildman–Crippen MR) is 88.6 cm³/mol. The quantitative estimate of drug-likeness (QED) is 0.853. The van der Waals surface area contributed by atoms with Crippen LogP contribution in [0.25, 0.3) is 0 Å². The zero-order chi connectivity index (χ0) is 15.9. The van der Waals surface area contributed by atoms with E-state index in [-0.39, 0.29) is 5.91 Å². The lowest BCUT2D eigenvalue weighted by molar-refractivity contribution is 0.0947. The number of amides is 1. The lowest BCUT2D eigenvalue weighted by Gasteiger charge is -2.08. The zero-order valence-corrected chi connectivity index (χ0v) is 13.4. The van der Waals surface area contributed by atoms with Gasteiger partial charge < -0.3 is 10.6 Å². The van der Waals surface area contributed by atoms with Crippen molar-refractivity contribution in [2.45, 2.75) is 20.3 Å². The molecule has 5 nitrogen and oxygen atoms in total. The number of anilines is 2. The number of hydrogen-bond acceptors (Lipinski definition) is 4. The molecule has 2 N–H and O–H groups in total. The van der Waals surface area contributed by atoms with Gasteiger partial charge in [-0.1, -0.05) is 25.4 Å². The van der Waals surface area contributed by atoms with E-state index in [1.165, 1.54) is 6.33 Å². The Morgan fingerprint density at radius 1 is 1.23 bits per heavy atom. The number of nitrogens with zero attached hydrogens (tertiary/aromatic N) is 2. The zero-order valence-electron chi connectivity index (χ0n) is 12.6. The van der Waals surface area contributed by atoms with Gasteiger partial charge in [-0.2, -0.15) is 0 Å². The highest BCUT2D eigenvalue weighted by atomic mass is 35.5. The molecule has 6 heteroatoms. The van der Waals surface area contributed by atoms with Gasteiger partial charge in [0, 0.05) is 23.3 Å². The highest BCUT2D eigenvalue weighted by molar-refractivity contribution is 6.30. The minimum atomic E-state index is -0.192. The molecule has 0 aliphatic carbocycles. The first-order valence-corrected chi connectivity index (χ1v) is 7.55. The summed E-state index contributed by atoms with van der Waals surface area (Å²) in [5, 5.41) is 6.63. The third-order valence-corrected chi connectivity index (χ3v) is 3.28. The Bertz CT molecular complexity index is 628. The maximum Gasteiger partial charge on any atom is 0.270 e. The van der Waals surface area contributed by atoms with E-state index in [4.69, 9.17) is 11.6 Å². The van der Waals surface area contributed by atoms with Crippen LogP contribution in [0.2, 0.25) is 5.02 Å². The monoisotopic (exact) mass is 318 g/mol. The number of nitrogens with one attached hydrogen (secondary N) is 2. The van der Waals surface area contributed by atoms with Crippen LogP contribution in [-0.4, -0.2) is 22.4 Å². The van der Waals surface area contributed by atoms with Gasteiger partial charge >= 0.3 is 0 Å². The van der Waals surface area contributed by atoms with Crippen LogP contribution in [0.4, 0.5) is 11.5 Å². The number of carbonyl (C=O) groups excluding carboxylic acids is 1. The predicted octanol–water partition coefficient (Wildman–Crippen LogP) is 3.65. The van der Waals surface area contributed by atoms with Crippen molar-refractivity contribution >= 4 is 29.0 Å². The molecule has 0 unspecified atom stereocenters. The molecule has 0 atom stereocenters. The second-order valence-electron chi connectivity index (χ2n) is 5.36. The molecule has 0 fully saturated rings. The van der Waals surface area contributed by atoms with E-state index in [1.807, 2.05) is 12.1 Å². The Morgan fingerprint density at radius 3 is 2.64 bits per heavy atom. The van der Waals surface area contributed by atoms with E-state index in [2.05, 4.69) is 34.4 Å². The van der Waals surface area contributed by atoms with E-state index in [9.17, 15) is 4.79 Å². The first-order chi connectivity index (χ1) is 10.5. The molecule has 1 heterocycles. The maximum atomic E-state index is 12.0. The maximum absolute atomic E-state index is 12.0. The summed E-state index contributed by atoms with van der Waals surface area (Å²) >= 11 is 5.85. The molecular weight excluding hydrogens is 300 g/mol. The molecular formula is C16H19ClN4O. The van der Waals surface area contributed by atoms with Crippen molar-refractivity contribution in [3.63, 3.8) is 0 Å². The molecule has 1 aromatic carbocycles. The van der Waals surface area contributed by atoms with Crippen molar-refractivity contribution in [1.82, 2.24) is 15.3 Å². The van der Waals surface area contributed by atoms with Crippen molar-refractivity contribution in [3.05, 3.63) is 47.4 Å². The Kier molecular flexibility index (Phi) is 5.72. The molecule has 22 heavy (non-hydrogen) atoms. The highest BCUT2D eigenvalue weighted by Crippen LogP contribution is 2.17. The minimum absolute atomic E-state index is 0.192. The fraction of sp³-hybridized carbons (Fsp3) is 0.312. The van der Waals surface area contributed by atoms with Gasteiger partial charge in [0.1, 0.15) is 17.8 Å². The number of benzene rings is 1. The van der Waals surface area contributed by atoms with Crippen LogP contribution < -0.4 is 10.6 Å². The largest absolute Gasteiger partial charge is 0.351 e. The smallest absolute Gasteiger partial charge is 0.270 e. The molecule has 0 saturated carbocycles. The van der Waals surface area contributed by atoms with Gasteiger partial charge in [0.15, 0.2) is 0 Å². The van der Waals surface area contributed by atoms with E-state index in [0.717, 1.165) is 12.1 Å². The molecule has 2 aromatic rings. The van der Waals surface area contributed by atoms with Crippen molar-refractivity contribution < 1.29 is 4.79 Å². The number of rotatable bonds is 6. The number of hydrogen-bond donors (Lipinski definition) is 2. The van der Waals surface area contributed by atoms with Gasteiger partial charge in [0.2, 0.25) is 0 Å². The van der Waals surface area contributed by atoms with Crippen molar-refractivity contribution in [2.24, 2.45) is 5.92 Å². The Hall–Kier alpha value is -2.14. The summed E-state index contributed by atoms with van der Waals surface area (Å²) in [6.07, 6.45) is 2.31. The standard InChI is InChI=1S/C16H19ClN4O/c1-11(2)7-8-18-16(22)14-9-15(20-10-19-14)21-13-5-3-12(17)4-6-13/h3-6,9-11H,7-8H2,1-2H3,(H,18,22)(H,19,20,21). The molecule has 0 saturated heterocycles. The van der Waals surface area contributed by atoms with Crippen LogP contribution in [0.3, 0.4) is 0 Å². The molecule has 0 bridgehead atoms.